The molecule has 2 aromatic rings. The molecule has 0 spiro atoms. The molecule has 1 N–H and O–H groups in total. The summed E-state index contributed by atoms with van der Waals surface area (Å²) in [6.45, 7) is 3.51. The maximum atomic E-state index is 11.8. The Hall–Kier alpha value is -1.73. The van der Waals surface area contributed by atoms with Crippen LogP contribution in [0.5, 0.6) is 0 Å². The number of sulfonamides is 1. The van der Waals surface area contributed by atoms with Crippen LogP contribution in [0.1, 0.15) is 19.4 Å². The predicted molar refractivity (Wildman–Crippen MR) is 77.3 cm³/mol. The third-order valence-electron chi connectivity index (χ3n) is 2.95. The van der Waals surface area contributed by atoms with Crippen molar-refractivity contribution in [3.05, 3.63) is 36.3 Å². The van der Waals surface area contributed by atoms with E-state index in [-0.39, 0.29) is 6.54 Å². The Labute approximate surface area is 118 Å². The molecule has 0 amide bonds. The van der Waals surface area contributed by atoms with E-state index in [1.165, 1.54) is 0 Å². The lowest BCUT2D eigenvalue weighted by Gasteiger charge is -2.11. The summed E-state index contributed by atoms with van der Waals surface area (Å²) in [5.41, 5.74) is 2.43. The van der Waals surface area contributed by atoms with E-state index in [1.807, 2.05) is 19.3 Å². The van der Waals surface area contributed by atoms with E-state index in [0.717, 1.165) is 16.8 Å². The lowest BCUT2D eigenvalue weighted by atomic mass is 10.1. The van der Waals surface area contributed by atoms with Crippen molar-refractivity contribution < 1.29 is 8.42 Å². The largest absolute Gasteiger partial charge is 0.275 e. The summed E-state index contributed by atoms with van der Waals surface area (Å²) in [6.07, 6.45) is 5.24. The maximum Gasteiger partial charge on any atom is 0.214 e. The zero-order valence-corrected chi connectivity index (χ0v) is 12.6. The second-order valence-corrected chi connectivity index (χ2v) is 7.15. The van der Waals surface area contributed by atoms with Crippen LogP contribution in [0.15, 0.2) is 30.7 Å². The number of nitrogens with one attached hydrogen (secondary N) is 1. The van der Waals surface area contributed by atoms with Crippen molar-refractivity contribution in [2.24, 2.45) is 7.05 Å². The third kappa shape index (κ3) is 3.23. The highest BCUT2D eigenvalue weighted by Gasteiger charge is 2.16. The Kier molecular flexibility index (Phi) is 4.20. The summed E-state index contributed by atoms with van der Waals surface area (Å²) >= 11 is 0. The molecule has 0 atom stereocenters. The van der Waals surface area contributed by atoms with E-state index < -0.39 is 15.3 Å². The Morgan fingerprint density at radius 2 is 2.15 bits per heavy atom. The number of hydrogen-bond acceptors (Lipinski definition) is 4. The van der Waals surface area contributed by atoms with Crippen LogP contribution in [-0.4, -0.2) is 28.4 Å². The van der Waals surface area contributed by atoms with Crippen molar-refractivity contribution in [2.75, 3.05) is 0 Å². The van der Waals surface area contributed by atoms with Crippen molar-refractivity contribution >= 4 is 10.0 Å². The molecule has 0 saturated heterocycles. The summed E-state index contributed by atoms with van der Waals surface area (Å²) in [6, 6.07) is 3.65. The number of aryl methyl sites for hydroxylation is 1. The lowest BCUT2D eigenvalue weighted by molar-refractivity contribution is 0.572. The van der Waals surface area contributed by atoms with Gasteiger partial charge in [-0.25, -0.2) is 13.1 Å². The number of hydrogen-bond donors (Lipinski definition) is 1. The van der Waals surface area contributed by atoms with Gasteiger partial charge in [-0.15, -0.1) is 0 Å². The Morgan fingerprint density at radius 3 is 2.75 bits per heavy atom. The maximum absolute atomic E-state index is 11.8. The van der Waals surface area contributed by atoms with Crippen LogP contribution in [-0.2, 0) is 23.6 Å². The first-order valence-electron chi connectivity index (χ1n) is 6.31. The quantitative estimate of drug-likeness (QED) is 0.902. The summed E-state index contributed by atoms with van der Waals surface area (Å²) in [7, 11) is -1.46. The first kappa shape index (κ1) is 14.7. The van der Waals surface area contributed by atoms with Crippen LogP contribution in [0.3, 0.4) is 0 Å². The van der Waals surface area contributed by atoms with Gasteiger partial charge in [-0.2, -0.15) is 5.10 Å². The highest BCUT2D eigenvalue weighted by atomic mass is 32.2. The van der Waals surface area contributed by atoms with Gasteiger partial charge in [0.2, 0.25) is 10.0 Å². The molecule has 20 heavy (non-hydrogen) atoms. The van der Waals surface area contributed by atoms with Gasteiger partial charge >= 0.3 is 0 Å². The highest BCUT2D eigenvalue weighted by molar-refractivity contribution is 7.90. The topological polar surface area (TPSA) is 76.9 Å². The first-order valence-corrected chi connectivity index (χ1v) is 7.86. The van der Waals surface area contributed by atoms with Crippen molar-refractivity contribution in [1.82, 2.24) is 19.5 Å². The molecule has 0 aliphatic rings. The minimum Gasteiger partial charge on any atom is -0.275 e. The van der Waals surface area contributed by atoms with E-state index in [1.54, 1.807) is 37.0 Å². The zero-order chi connectivity index (χ0) is 14.8. The summed E-state index contributed by atoms with van der Waals surface area (Å²) in [5.74, 6) is 0. The second-order valence-electron chi connectivity index (χ2n) is 4.83. The van der Waals surface area contributed by atoms with Crippen molar-refractivity contribution in [1.29, 1.82) is 0 Å². The standard InChI is InChI=1S/C13H18N4O2S/c1-10(2)20(18,19)16-8-11-5-4-6-14-13(11)12-7-15-17(3)9-12/h4-7,9-10,16H,8H2,1-3H3. The van der Waals surface area contributed by atoms with E-state index in [0.29, 0.717) is 0 Å². The smallest absolute Gasteiger partial charge is 0.214 e. The predicted octanol–water partition coefficient (Wildman–Crippen LogP) is 1.31. The summed E-state index contributed by atoms with van der Waals surface area (Å²) < 4.78 is 27.9. The monoisotopic (exact) mass is 294 g/mol. The summed E-state index contributed by atoms with van der Waals surface area (Å²) in [4.78, 5) is 4.32. The number of pyridine rings is 1. The molecule has 2 aromatic heterocycles. The Balaban J connectivity index is 2.26. The molecule has 0 fully saturated rings. The van der Waals surface area contributed by atoms with Crippen LogP contribution in [0.4, 0.5) is 0 Å². The van der Waals surface area contributed by atoms with Crippen LogP contribution in [0.25, 0.3) is 11.3 Å². The molecule has 0 unspecified atom stereocenters. The molecular formula is C13H18N4O2S. The molecule has 6 nitrogen and oxygen atoms in total. The van der Waals surface area contributed by atoms with Gasteiger partial charge in [0.15, 0.2) is 0 Å². The molecule has 2 rings (SSSR count). The molecule has 0 aromatic carbocycles. The van der Waals surface area contributed by atoms with Crippen LogP contribution in [0, 0.1) is 0 Å². The van der Waals surface area contributed by atoms with Gasteiger partial charge in [-0.05, 0) is 25.5 Å². The SMILES string of the molecule is CC(C)S(=O)(=O)NCc1cccnc1-c1cnn(C)c1. The van der Waals surface area contributed by atoms with Gasteiger partial charge in [0, 0.05) is 31.5 Å². The molecule has 108 valence electrons. The molecule has 0 bridgehead atoms. The fraction of sp³-hybridized carbons (Fsp3) is 0.385. The first-order chi connectivity index (χ1) is 9.40. The molecule has 0 aliphatic carbocycles. The molecule has 0 radical (unpaired) electrons. The van der Waals surface area contributed by atoms with E-state index in [4.69, 9.17) is 0 Å². The fourth-order valence-corrected chi connectivity index (χ4v) is 2.42. The summed E-state index contributed by atoms with van der Waals surface area (Å²) in [5, 5.41) is 3.65. The lowest BCUT2D eigenvalue weighted by Crippen LogP contribution is -2.30. The fourth-order valence-electron chi connectivity index (χ4n) is 1.73. The normalized spacial score (nSPS) is 12.0. The van der Waals surface area contributed by atoms with Gasteiger partial charge < -0.3 is 0 Å². The molecular weight excluding hydrogens is 276 g/mol. The Bertz CT molecular complexity index is 692. The highest BCUT2D eigenvalue weighted by Crippen LogP contribution is 2.20. The van der Waals surface area contributed by atoms with E-state index >= 15 is 0 Å². The number of nitrogens with zero attached hydrogens (tertiary/aromatic N) is 3. The minimum atomic E-state index is -3.29. The van der Waals surface area contributed by atoms with Crippen molar-refractivity contribution in [3.8, 4) is 11.3 Å². The van der Waals surface area contributed by atoms with Gasteiger partial charge in [0.25, 0.3) is 0 Å². The van der Waals surface area contributed by atoms with Crippen molar-refractivity contribution in [2.45, 2.75) is 25.6 Å². The number of aromatic nitrogens is 3. The average Bonchev–Trinajstić information content (AvgIpc) is 2.83. The third-order valence-corrected chi connectivity index (χ3v) is 4.74. The van der Waals surface area contributed by atoms with Crippen LogP contribution in [0.2, 0.25) is 0 Å². The van der Waals surface area contributed by atoms with Crippen LogP contribution >= 0.6 is 0 Å². The van der Waals surface area contributed by atoms with E-state index in [9.17, 15) is 8.42 Å². The minimum absolute atomic E-state index is 0.221. The van der Waals surface area contributed by atoms with Gasteiger partial charge in [-0.1, -0.05) is 6.07 Å². The zero-order valence-electron chi connectivity index (χ0n) is 11.7. The molecule has 2 heterocycles. The van der Waals surface area contributed by atoms with Crippen molar-refractivity contribution in [3.63, 3.8) is 0 Å². The molecule has 0 saturated carbocycles. The number of rotatable bonds is 5. The molecule has 7 heteroatoms. The Morgan fingerprint density at radius 1 is 1.40 bits per heavy atom. The van der Waals surface area contributed by atoms with Gasteiger partial charge in [-0.3, -0.25) is 9.67 Å². The second kappa shape index (κ2) is 5.72. The van der Waals surface area contributed by atoms with Gasteiger partial charge in [0.05, 0.1) is 17.1 Å². The van der Waals surface area contributed by atoms with Crippen LogP contribution < -0.4 is 4.72 Å². The van der Waals surface area contributed by atoms with E-state index in [2.05, 4.69) is 14.8 Å². The van der Waals surface area contributed by atoms with Gasteiger partial charge in [0.1, 0.15) is 0 Å². The average molecular weight is 294 g/mol. The molecule has 0 aliphatic heterocycles.